The van der Waals surface area contributed by atoms with E-state index in [2.05, 4.69) is 4.29 Å². The Labute approximate surface area is 64.7 Å². The summed E-state index contributed by atoms with van der Waals surface area (Å²) < 4.78 is 31.9. The summed E-state index contributed by atoms with van der Waals surface area (Å²) in [6.45, 7) is 1.32. The predicted octanol–water partition coefficient (Wildman–Crippen LogP) is -3.08. The zero-order chi connectivity index (χ0) is 5.91. The standard InChI is InChI=1S/C2H5ClO4.Ag/c1-2-7-3(4,5)6;/h2H2,1H3;. The summed E-state index contributed by atoms with van der Waals surface area (Å²) in [4.78, 5) is 0. The van der Waals surface area contributed by atoms with Crippen molar-refractivity contribution in [2.75, 3.05) is 6.61 Å². The van der Waals surface area contributed by atoms with Gasteiger partial charge in [0.2, 0.25) is 6.61 Å². The first-order valence-corrected chi connectivity index (χ1v) is 2.85. The fraction of sp³-hybridized carbons (Fsp3) is 1.00. The zero-order valence-corrected chi connectivity index (χ0v) is 6.26. The summed E-state index contributed by atoms with van der Waals surface area (Å²) in [5.74, 6) is 0. The minimum Gasteiger partial charge on any atom is -0.183 e. The van der Waals surface area contributed by atoms with Crippen LogP contribution in [0.2, 0.25) is 0 Å². The molecule has 0 saturated carbocycles. The minimum absolute atomic E-state index is 0. The molecule has 8 heavy (non-hydrogen) atoms. The van der Waals surface area contributed by atoms with Crippen LogP contribution < -0.4 is 14.0 Å². The predicted molar refractivity (Wildman–Crippen MR) is 11.6 cm³/mol. The molecule has 0 atom stereocenters. The van der Waals surface area contributed by atoms with Crippen LogP contribution in [0.15, 0.2) is 0 Å². The van der Waals surface area contributed by atoms with E-state index in [0.29, 0.717) is 0 Å². The molecule has 0 N–H and O–H groups in total. The third kappa shape index (κ3) is 9.98. The number of halogens is 1. The van der Waals surface area contributed by atoms with Gasteiger partial charge in [-0.3, -0.25) is 0 Å². The van der Waals surface area contributed by atoms with Crippen LogP contribution in [-0.2, 0) is 26.7 Å². The molecular weight excluding hydrogens is 231 g/mol. The van der Waals surface area contributed by atoms with E-state index >= 15 is 0 Å². The van der Waals surface area contributed by atoms with E-state index in [1.807, 2.05) is 0 Å². The fourth-order valence-corrected chi connectivity index (χ4v) is 0.401. The summed E-state index contributed by atoms with van der Waals surface area (Å²) in [6.07, 6.45) is 0. The van der Waals surface area contributed by atoms with Crippen molar-refractivity contribution >= 4 is 0 Å². The topological polar surface area (TPSA) is 78.4 Å². The molecule has 0 aliphatic carbocycles. The first kappa shape index (κ1) is 11.6. The summed E-state index contributed by atoms with van der Waals surface area (Å²) >= 11 is 0. The Bertz CT molecular complexity index is 52.5. The van der Waals surface area contributed by atoms with Crippen molar-refractivity contribution in [3.63, 3.8) is 0 Å². The molecule has 0 aliphatic rings. The summed E-state index contributed by atoms with van der Waals surface area (Å²) in [7, 11) is -4.18. The van der Waals surface area contributed by atoms with Gasteiger partial charge in [0.1, 0.15) is 0 Å². The van der Waals surface area contributed by atoms with Gasteiger partial charge in [0.05, 0.1) is 14.5 Å². The van der Waals surface area contributed by atoms with Gasteiger partial charge in [0.15, 0.2) is 0 Å². The summed E-state index contributed by atoms with van der Waals surface area (Å²) in [6, 6.07) is 0. The second kappa shape index (κ2) is 4.72. The number of hydrogen-bond acceptors (Lipinski definition) is 4. The van der Waals surface area contributed by atoms with Crippen LogP contribution in [0.1, 0.15) is 6.92 Å². The maximum Gasteiger partial charge on any atom is 0.201 e. The Morgan fingerprint density at radius 3 is 1.75 bits per heavy atom. The Morgan fingerprint density at radius 2 is 1.75 bits per heavy atom. The van der Waals surface area contributed by atoms with Gasteiger partial charge in [-0.15, -0.1) is 0 Å². The van der Waals surface area contributed by atoms with E-state index in [1.165, 1.54) is 6.92 Å². The Kier molecular flexibility index (Phi) is 6.87. The van der Waals surface area contributed by atoms with Gasteiger partial charge in [-0.1, -0.05) is 0 Å². The van der Waals surface area contributed by atoms with Crippen molar-refractivity contribution in [2.24, 2.45) is 0 Å². The van der Waals surface area contributed by atoms with E-state index in [4.69, 9.17) is 0 Å². The third-order valence-corrected chi connectivity index (χ3v) is 0.728. The maximum absolute atomic E-state index is 9.43. The Morgan fingerprint density at radius 1 is 1.38 bits per heavy atom. The molecule has 0 aliphatic heterocycles. The molecule has 0 aromatic carbocycles. The quantitative estimate of drug-likeness (QED) is 0.476. The van der Waals surface area contributed by atoms with Crippen molar-refractivity contribution in [3.05, 3.63) is 0 Å². The van der Waals surface area contributed by atoms with Crippen LogP contribution in [-0.4, -0.2) is 6.61 Å². The van der Waals surface area contributed by atoms with Gasteiger partial charge in [0.25, 0.3) is 0 Å². The van der Waals surface area contributed by atoms with Gasteiger partial charge < -0.3 is 0 Å². The normalized spacial score (nSPS) is 10.5. The van der Waals surface area contributed by atoms with Crippen molar-refractivity contribution in [1.29, 1.82) is 0 Å². The minimum atomic E-state index is -4.18. The first-order valence-electron chi connectivity index (χ1n) is 1.61. The molecule has 4 nitrogen and oxygen atoms in total. The molecule has 55 valence electrons. The molecule has 0 unspecified atom stereocenters. The third-order valence-electron chi connectivity index (χ3n) is 0.243. The summed E-state index contributed by atoms with van der Waals surface area (Å²) in [5.41, 5.74) is 0. The van der Waals surface area contributed by atoms with E-state index in [1.54, 1.807) is 0 Å². The molecule has 0 rings (SSSR count). The molecule has 0 aromatic heterocycles. The SMILES string of the molecule is CCO[Cl+3]([O-])([O-])[O-].[Ag]. The van der Waals surface area contributed by atoms with Crippen molar-refractivity contribution < 1.29 is 50.9 Å². The maximum atomic E-state index is 9.43. The van der Waals surface area contributed by atoms with Gasteiger partial charge in [-0.25, -0.2) is 0 Å². The van der Waals surface area contributed by atoms with Crippen LogP contribution in [0, 0.1) is 10.2 Å². The largest absolute Gasteiger partial charge is 0.201 e. The molecule has 0 bridgehead atoms. The smallest absolute Gasteiger partial charge is 0.183 e. The molecule has 0 fully saturated rings. The van der Waals surface area contributed by atoms with Crippen molar-refractivity contribution in [1.82, 2.24) is 0 Å². The van der Waals surface area contributed by atoms with Gasteiger partial charge in [-0.05, 0) is 6.92 Å². The molecular formula is C2H5AgClO4. The van der Waals surface area contributed by atoms with Crippen molar-refractivity contribution in [3.8, 4) is 0 Å². The Hall–Kier alpha value is 0.870. The van der Waals surface area contributed by atoms with Crippen molar-refractivity contribution in [2.45, 2.75) is 6.92 Å². The second-order valence-electron chi connectivity index (χ2n) is 0.776. The molecule has 0 aromatic rings. The second-order valence-corrected chi connectivity index (χ2v) is 1.75. The van der Waals surface area contributed by atoms with Crippen LogP contribution >= 0.6 is 0 Å². The molecule has 1 radical (unpaired) electrons. The van der Waals surface area contributed by atoms with Crippen LogP contribution in [0.5, 0.6) is 0 Å². The number of hydrogen-bond donors (Lipinski definition) is 0. The monoisotopic (exact) mass is 235 g/mol. The van der Waals surface area contributed by atoms with E-state index in [9.17, 15) is 14.0 Å². The molecule has 0 saturated heterocycles. The molecule has 0 heterocycles. The number of rotatable bonds is 2. The zero-order valence-electron chi connectivity index (χ0n) is 4.02. The molecule has 0 spiro atoms. The fourth-order valence-electron chi connectivity index (χ4n) is 0.134. The van der Waals surface area contributed by atoms with E-state index < -0.39 is 10.2 Å². The molecule has 6 heteroatoms. The average molecular weight is 236 g/mol. The molecule has 0 amide bonds. The van der Waals surface area contributed by atoms with E-state index in [0.717, 1.165) is 0 Å². The van der Waals surface area contributed by atoms with Gasteiger partial charge in [-0.2, -0.15) is 14.0 Å². The van der Waals surface area contributed by atoms with E-state index in [-0.39, 0.29) is 29.0 Å². The average Bonchev–Trinajstić information content (AvgIpc) is 1.30. The Balaban J connectivity index is 0. The van der Waals surface area contributed by atoms with Gasteiger partial charge >= 0.3 is 0 Å². The summed E-state index contributed by atoms with van der Waals surface area (Å²) in [5, 5.41) is 0. The van der Waals surface area contributed by atoms with Crippen LogP contribution in [0.25, 0.3) is 0 Å². The van der Waals surface area contributed by atoms with Crippen LogP contribution in [0.3, 0.4) is 0 Å². The van der Waals surface area contributed by atoms with Crippen LogP contribution in [0.4, 0.5) is 0 Å². The first-order chi connectivity index (χ1) is 3.06. The van der Waals surface area contributed by atoms with Gasteiger partial charge in [0, 0.05) is 22.4 Å².